The van der Waals surface area contributed by atoms with Gasteiger partial charge in [0.2, 0.25) is 17.7 Å². The normalized spacial score (nSPS) is 17.7. The minimum absolute atomic E-state index is 0.0354. The average Bonchev–Trinajstić information content (AvgIpc) is 3.66. The summed E-state index contributed by atoms with van der Waals surface area (Å²) in [6, 6.07) is 3.78. The van der Waals surface area contributed by atoms with E-state index < -0.39 is 72.8 Å². The molecule has 216 valence electrons. The number of amides is 4. The summed E-state index contributed by atoms with van der Waals surface area (Å²) in [6.45, 7) is 3.79. The number of epoxide rings is 1. The third-order valence-corrected chi connectivity index (χ3v) is 5.42. The van der Waals surface area contributed by atoms with Gasteiger partial charge in [0.15, 0.2) is 6.10 Å². The van der Waals surface area contributed by atoms with Crippen molar-refractivity contribution in [2.24, 2.45) is 0 Å². The van der Waals surface area contributed by atoms with Gasteiger partial charge in [0, 0.05) is 6.54 Å². The summed E-state index contributed by atoms with van der Waals surface area (Å²) in [7, 11) is 1.22. The number of aryl methyl sites for hydroxylation is 1. The molecule has 0 spiro atoms. The predicted molar refractivity (Wildman–Crippen MR) is 135 cm³/mol. The third kappa shape index (κ3) is 11.2. The summed E-state index contributed by atoms with van der Waals surface area (Å²) in [5, 5.41) is 28.8. The summed E-state index contributed by atoms with van der Waals surface area (Å²) in [5.74, 6) is -2.63. The van der Waals surface area contributed by atoms with Crippen molar-refractivity contribution in [2.45, 2.75) is 63.5 Å². The zero-order valence-corrected chi connectivity index (χ0v) is 22.3. The van der Waals surface area contributed by atoms with Gasteiger partial charge in [0.05, 0.1) is 20.3 Å². The number of phenols is 1. The smallest absolute Gasteiger partial charge is 0.408 e. The lowest BCUT2D eigenvalue weighted by Crippen LogP contribution is -2.56. The standard InChI is InChI=1S/C25H36N4O10/c1-25(2,3)39-24(36)29-16(10-7-14-5-8-15(31)9-6-14)22(34)28-17(13-30)21(33)27-12-19(32)26-11-18-20(38-18)23(35)37-4/h5-6,8-9,16-18,20,30-31H,7,10-13H2,1-4H3,(H,26,32)(H,27,33)(H,28,34)(H,29,36). The first-order chi connectivity index (χ1) is 18.3. The number of carbonyl (C=O) groups excluding carboxylic acids is 5. The highest BCUT2D eigenvalue weighted by atomic mass is 16.6. The molecule has 1 fully saturated rings. The maximum Gasteiger partial charge on any atom is 0.408 e. The summed E-state index contributed by atoms with van der Waals surface area (Å²) >= 11 is 0. The molecule has 0 aliphatic carbocycles. The van der Waals surface area contributed by atoms with E-state index >= 15 is 0 Å². The molecule has 4 amide bonds. The van der Waals surface area contributed by atoms with Gasteiger partial charge >= 0.3 is 12.1 Å². The lowest BCUT2D eigenvalue weighted by molar-refractivity contribution is -0.142. The largest absolute Gasteiger partial charge is 0.508 e. The number of ether oxygens (including phenoxy) is 3. The van der Waals surface area contributed by atoms with Gasteiger partial charge in [-0.1, -0.05) is 12.1 Å². The van der Waals surface area contributed by atoms with Gasteiger partial charge in [-0.2, -0.15) is 0 Å². The van der Waals surface area contributed by atoms with Crippen LogP contribution in [0.1, 0.15) is 32.8 Å². The van der Waals surface area contributed by atoms with Crippen molar-refractivity contribution < 1.29 is 48.4 Å². The van der Waals surface area contributed by atoms with Crippen molar-refractivity contribution in [3.63, 3.8) is 0 Å². The molecule has 14 heteroatoms. The molecular weight excluding hydrogens is 516 g/mol. The van der Waals surface area contributed by atoms with Gasteiger partial charge in [0.25, 0.3) is 0 Å². The van der Waals surface area contributed by atoms with E-state index in [9.17, 15) is 34.2 Å². The van der Waals surface area contributed by atoms with Crippen LogP contribution < -0.4 is 21.3 Å². The molecular formula is C25H36N4O10. The second-order valence-corrected chi connectivity index (χ2v) is 9.79. The number of aromatic hydroxyl groups is 1. The zero-order valence-electron chi connectivity index (χ0n) is 22.3. The first-order valence-electron chi connectivity index (χ1n) is 12.3. The quantitative estimate of drug-likeness (QED) is 0.128. The van der Waals surface area contributed by atoms with Crippen LogP contribution in [-0.4, -0.2) is 96.7 Å². The Morgan fingerprint density at radius 3 is 2.26 bits per heavy atom. The third-order valence-electron chi connectivity index (χ3n) is 5.42. The monoisotopic (exact) mass is 552 g/mol. The molecule has 0 radical (unpaired) electrons. The second-order valence-electron chi connectivity index (χ2n) is 9.79. The average molecular weight is 553 g/mol. The Morgan fingerprint density at radius 1 is 1.00 bits per heavy atom. The van der Waals surface area contributed by atoms with Crippen molar-refractivity contribution >= 4 is 29.8 Å². The summed E-state index contributed by atoms with van der Waals surface area (Å²) in [6.07, 6.45) is -1.64. The van der Waals surface area contributed by atoms with E-state index in [1.165, 1.54) is 19.2 Å². The molecule has 39 heavy (non-hydrogen) atoms. The first kappa shape index (κ1) is 31.3. The van der Waals surface area contributed by atoms with Gasteiger partial charge in [0.1, 0.15) is 29.5 Å². The van der Waals surface area contributed by atoms with Crippen molar-refractivity contribution in [3.05, 3.63) is 29.8 Å². The van der Waals surface area contributed by atoms with E-state index in [1.54, 1.807) is 32.9 Å². The molecule has 2 rings (SSSR count). The highest BCUT2D eigenvalue weighted by molar-refractivity contribution is 5.93. The van der Waals surface area contributed by atoms with Crippen LogP contribution in [0.2, 0.25) is 0 Å². The summed E-state index contributed by atoms with van der Waals surface area (Å²) < 4.78 is 14.8. The number of phenolic OH excluding ortho intramolecular Hbond substituents is 1. The minimum Gasteiger partial charge on any atom is -0.508 e. The molecule has 1 aromatic carbocycles. The van der Waals surface area contributed by atoms with Gasteiger partial charge in [-0.15, -0.1) is 0 Å². The molecule has 4 atom stereocenters. The van der Waals surface area contributed by atoms with Crippen LogP contribution in [-0.2, 0) is 39.8 Å². The Kier molecular flexibility index (Phi) is 11.5. The number of rotatable bonds is 13. The Hall–Kier alpha value is -3.91. The van der Waals surface area contributed by atoms with Crippen LogP contribution >= 0.6 is 0 Å². The van der Waals surface area contributed by atoms with E-state index in [-0.39, 0.29) is 18.7 Å². The highest BCUT2D eigenvalue weighted by Crippen LogP contribution is 2.22. The maximum absolute atomic E-state index is 13.0. The van der Waals surface area contributed by atoms with Crippen LogP contribution in [0.5, 0.6) is 5.75 Å². The van der Waals surface area contributed by atoms with E-state index in [0.29, 0.717) is 6.42 Å². The number of nitrogens with one attached hydrogen (secondary N) is 4. The number of aliphatic hydroxyl groups is 1. The molecule has 4 unspecified atom stereocenters. The first-order valence-corrected chi connectivity index (χ1v) is 12.3. The van der Waals surface area contributed by atoms with E-state index in [1.807, 2.05) is 0 Å². The zero-order chi connectivity index (χ0) is 29.2. The number of methoxy groups -OCH3 is 1. The number of aliphatic hydroxyl groups excluding tert-OH is 1. The molecule has 0 bridgehead atoms. The van der Waals surface area contributed by atoms with Crippen molar-refractivity contribution in [1.29, 1.82) is 0 Å². The fourth-order valence-electron chi connectivity index (χ4n) is 3.35. The SMILES string of the molecule is COC(=O)C1OC1CNC(=O)CNC(=O)C(CO)NC(=O)C(CCc1ccc(O)cc1)NC(=O)OC(C)(C)C. The minimum atomic E-state index is -1.41. The molecule has 6 N–H and O–H groups in total. The fourth-order valence-corrected chi connectivity index (χ4v) is 3.35. The molecule has 1 aliphatic heterocycles. The second kappa shape index (κ2) is 14.3. The fraction of sp³-hybridized carbons (Fsp3) is 0.560. The molecule has 1 aliphatic rings. The van der Waals surface area contributed by atoms with Crippen LogP contribution in [0, 0.1) is 0 Å². The van der Waals surface area contributed by atoms with Crippen LogP contribution in [0.4, 0.5) is 4.79 Å². The van der Waals surface area contributed by atoms with Gasteiger partial charge < -0.3 is 45.7 Å². The van der Waals surface area contributed by atoms with Crippen molar-refractivity contribution in [2.75, 3.05) is 26.8 Å². The number of hydrogen-bond acceptors (Lipinski definition) is 10. The number of hydrogen-bond donors (Lipinski definition) is 6. The predicted octanol–water partition coefficient (Wildman–Crippen LogP) is -1.13. The Bertz CT molecular complexity index is 1020. The lowest BCUT2D eigenvalue weighted by atomic mass is 10.0. The molecule has 1 saturated heterocycles. The summed E-state index contributed by atoms with van der Waals surface area (Å²) in [4.78, 5) is 61.2. The van der Waals surface area contributed by atoms with Crippen LogP contribution in [0.3, 0.4) is 0 Å². The Labute approximate surface area is 225 Å². The topological polar surface area (TPSA) is 205 Å². The Morgan fingerprint density at radius 2 is 1.67 bits per heavy atom. The number of esters is 1. The van der Waals surface area contributed by atoms with Gasteiger partial charge in [-0.3, -0.25) is 14.4 Å². The Balaban J connectivity index is 1.90. The van der Waals surface area contributed by atoms with Crippen molar-refractivity contribution in [1.82, 2.24) is 21.3 Å². The van der Waals surface area contributed by atoms with E-state index in [2.05, 4.69) is 26.0 Å². The molecule has 1 aromatic rings. The van der Waals surface area contributed by atoms with Gasteiger partial charge in [-0.25, -0.2) is 9.59 Å². The van der Waals surface area contributed by atoms with E-state index in [4.69, 9.17) is 9.47 Å². The number of alkyl carbamates (subject to hydrolysis) is 1. The molecule has 0 aromatic heterocycles. The molecule has 0 saturated carbocycles. The molecule has 14 nitrogen and oxygen atoms in total. The summed E-state index contributed by atoms with van der Waals surface area (Å²) in [5.41, 5.74) is -0.0317. The number of benzene rings is 1. The highest BCUT2D eigenvalue weighted by Gasteiger charge is 2.46. The molecule has 1 heterocycles. The lowest BCUT2D eigenvalue weighted by Gasteiger charge is -2.25. The maximum atomic E-state index is 13.0. The van der Waals surface area contributed by atoms with Crippen LogP contribution in [0.25, 0.3) is 0 Å². The van der Waals surface area contributed by atoms with Crippen molar-refractivity contribution in [3.8, 4) is 5.75 Å². The van der Waals surface area contributed by atoms with Crippen LogP contribution in [0.15, 0.2) is 24.3 Å². The number of carbonyl (C=O) groups is 5. The van der Waals surface area contributed by atoms with Gasteiger partial charge in [-0.05, 0) is 51.3 Å². The van der Waals surface area contributed by atoms with E-state index in [0.717, 1.165) is 5.56 Å².